The van der Waals surface area contributed by atoms with Gasteiger partial charge in [-0.15, -0.1) is 0 Å². The van der Waals surface area contributed by atoms with E-state index in [1.54, 1.807) is 0 Å². The fraction of sp³-hybridized carbons (Fsp3) is 0.400. The summed E-state index contributed by atoms with van der Waals surface area (Å²) in [4.78, 5) is 18.4. The van der Waals surface area contributed by atoms with Crippen molar-refractivity contribution in [1.29, 1.82) is 0 Å². The number of hydrogen-bond acceptors (Lipinski definition) is 3. The van der Waals surface area contributed by atoms with Gasteiger partial charge in [0, 0.05) is 17.1 Å². The lowest BCUT2D eigenvalue weighted by Gasteiger charge is -2.34. The smallest absolute Gasteiger partial charge is 0.328 e. The fourth-order valence-corrected chi connectivity index (χ4v) is 3.11. The molecule has 1 saturated heterocycles. The molecule has 1 N–H and O–H groups in total. The Morgan fingerprint density at radius 3 is 2.75 bits per heavy atom. The molecule has 0 spiro atoms. The Kier molecular flexibility index (Phi) is 4.49. The Hall–Kier alpha value is -2.09. The molecular weight excluding hydrogens is 345 g/mol. The zero-order valence-corrected chi connectivity index (χ0v) is 13.2. The molecule has 24 heavy (non-hydrogen) atoms. The number of alkyl halides is 3. The highest BCUT2D eigenvalue weighted by Crippen LogP contribution is 2.34. The van der Waals surface area contributed by atoms with Gasteiger partial charge in [0.25, 0.3) is 5.91 Å². The minimum atomic E-state index is -4.56. The molecule has 1 aromatic heterocycles. The first-order chi connectivity index (χ1) is 11.4. The van der Waals surface area contributed by atoms with Gasteiger partial charge in [-0.2, -0.15) is 18.3 Å². The van der Waals surface area contributed by atoms with Crippen molar-refractivity contribution in [3.63, 3.8) is 0 Å². The predicted octanol–water partition coefficient (Wildman–Crippen LogP) is 3.84. The Balaban J connectivity index is 1.94. The molecule has 9 heteroatoms. The van der Waals surface area contributed by atoms with Crippen LogP contribution in [0.5, 0.6) is 0 Å². The first-order valence-electron chi connectivity index (χ1n) is 7.40. The molecule has 1 aliphatic rings. The molecule has 5 nitrogen and oxygen atoms in total. The Bertz CT molecular complexity index is 733. The molecule has 1 aromatic carbocycles. The molecule has 1 atom stereocenters. The molecule has 3 rings (SSSR count). The number of aromatic amines is 1. The SMILES string of the molecule is O=C(c1cc(Cl)cc(C(F)(F)F)c1)N1CCCCC1c1ncn[nH]1. The number of hydrogen-bond donors (Lipinski definition) is 1. The van der Waals surface area contributed by atoms with E-state index in [0.29, 0.717) is 18.8 Å². The molecule has 1 fully saturated rings. The van der Waals surface area contributed by atoms with Crippen molar-refractivity contribution in [3.05, 3.63) is 46.5 Å². The maximum absolute atomic E-state index is 12.9. The van der Waals surface area contributed by atoms with Crippen molar-refractivity contribution in [2.75, 3.05) is 6.54 Å². The van der Waals surface area contributed by atoms with Crippen molar-refractivity contribution in [2.24, 2.45) is 0 Å². The number of amides is 1. The summed E-state index contributed by atoms with van der Waals surface area (Å²) in [6.45, 7) is 0.443. The van der Waals surface area contributed by atoms with Crippen LogP contribution in [0.15, 0.2) is 24.5 Å². The van der Waals surface area contributed by atoms with E-state index < -0.39 is 17.6 Å². The van der Waals surface area contributed by atoms with Crippen molar-refractivity contribution < 1.29 is 18.0 Å². The molecular formula is C15H14ClF3N4O. The average Bonchev–Trinajstić information content (AvgIpc) is 3.07. The Labute approximate surface area is 140 Å². The van der Waals surface area contributed by atoms with Gasteiger partial charge >= 0.3 is 6.18 Å². The molecule has 1 unspecified atom stereocenters. The van der Waals surface area contributed by atoms with E-state index in [1.807, 2.05) is 0 Å². The number of piperidine rings is 1. The Morgan fingerprint density at radius 1 is 1.29 bits per heavy atom. The monoisotopic (exact) mass is 358 g/mol. The van der Waals surface area contributed by atoms with E-state index in [1.165, 1.54) is 17.3 Å². The van der Waals surface area contributed by atoms with Crippen molar-refractivity contribution >= 4 is 17.5 Å². The number of benzene rings is 1. The van der Waals surface area contributed by atoms with Crippen molar-refractivity contribution in [3.8, 4) is 0 Å². The summed E-state index contributed by atoms with van der Waals surface area (Å²) in [6, 6.07) is 2.57. The zero-order valence-electron chi connectivity index (χ0n) is 12.5. The van der Waals surface area contributed by atoms with Gasteiger partial charge in [-0.3, -0.25) is 9.89 Å². The lowest BCUT2D eigenvalue weighted by Crippen LogP contribution is -2.39. The molecule has 2 aromatic rings. The maximum atomic E-state index is 12.9. The standard InChI is InChI=1S/C15H14ClF3N4O/c16-11-6-9(5-10(7-11)15(17,18)19)14(24)23-4-2-1-3-12(23)13-20-8-21-22-13/h5-8,12H,1-4H2,(H,20,21,22). The summed E-state index contributed by atoms with van der Waals surface area (Å²) in [6.07, 6.45) is -0.866. The van der Waals surface area contributed by atoms with Gasteiger partial charge in [0.15, 0.2) is 0 Å². The number of rotatable bonds is 2. The largest absolute Gasteiger partial charge is 0.416 e. The lowest BCUT2D eigenvalue weighted by atomic mass is 9.99. The van der Waals surface area contributed by atoms with Crippen LogP contribution in [0, 0.1) is 0 Å². The third-order valence-corrected chi connectivity index (χ3v) is 4.20. The summed E-state index contributed by atoms with van der Waals surface area (Å²) in [5.74, 6) is 0.0326. The van der Waals surface area contributed by atoms with Crippen LogP contribution in [0.25, 0.3) is 0 Å². The third-order valence-electron chi connectivity index (χ3n) is 3.99. The van der Waals surface area contributed by atoms with Crippen LogP contribution in [0.1, 0.15) is 47.1 Å². The van der Waals surface area contributed by atoms with E-state index in [2.05, 4.69) is 15.2 Å². The van der Waals surface area contributed by atoms with E-state index >= 15 is 0 Å². The van der Waals surface area contributed by atoms with E-state index in [-0.39, 0.29) is 16.6 Å². The van der Waals surface area contributed by atoms with Gasteiger partial charge in [-0.1, -0.05) is 11.6 Å². The summed E-state index contributed by atoms with van der Waals surface area (Å²) in [5, 5.41) is 6.39. The van der Waals surface area contributed by atoms with Crippen LogP contribution in [0.3, 0.4) is 0 Å². The van der Waals surface area contributed by atoms with E-state index in [9.17, 15) is 18.0 Å². The predicted molar refractivity (Wildman–Crippen MR) is 80.5 cm³/mol. The molecule has 1 aliphatic heterocycles. The van der Waals surface area contributed by atoms with Crippen molar-refractivity contribution in [1.82, 2.24) is 20.1 Å². The highest BCUT2D eigenvalue weighted by molar-refractivity contribution is 6.31. The highest BCUT2D eigenvalue weighted by atomic mass is 35.5. The van der Waals surface area contributed by atoms with Crippen LogP contribution in [-0.4, -0.2) is 32.5 Å². The summed E-state index contributed by atoms with van der Waals surface area (Å²) in [7, 11) is 0. The van der Waals surface area contributed by atoms with Gasteiger partial charge < -0.3 is 4.90 Å². The number of nitrogens with zero attached hydrogens (tertiary/aromatic N) is 3. The molecule has 128 valence electrons. The van der Waals surface area contributed by atoms with Crippen LogP contribution in [0.4, 0.5) is 13.2 Å². The molecule has 0 radical (unpaired) electrons. The zero-order chi connectivity index (χ0) is 17.3. The number of nitrogens with one attached hydrogen (secondary N) is 1. The lowest BCUT2D eigenvalue weighted by molar-refractivity contribution is -0.137. The molecule has 0 bridgehead atoms. The second-order valence-corrected chi connectivity index (χ2v) is 6.04. The first kappa shape index (κ1) is 16.8. The Morgan fingerprint density at radius 2 is 2.08 bits per heavy atom. The summed E-state index contributed by atoms with van der Waals surface area (Å²) in [5.41, 5.74) is -1.02. The van der Waals surface area contributed by atoms with Gasteiger partial charge in [0.05, 0.1) is 11.6 Å². The van der Waals surface area contributed by atoms with Crippen LogP contribution in [-0.2, 0) is 6.18 Å². The van der Waals surface area contributed by atoms with Crippen LogP contribution < -0.4 is 0 Å². The highest BCUT2D eigenvalue weighted by Gasteiger charge is 2.34. The first-order valence-corrected chi connectivity index (χ1v) is 7.78. The number of H-pyrrole nitrogens is 1. The van der Waals surface area contributed by atoms with E-state index in [4.69, 9.17) is 11.6 Å². The van der Waals surface area contributed by atoms with Gasteiger partial charge in [0.2, 0.25) is 0 Å². The van der Waals surface area contributed by atoms with Gasteiger partial charge in [-0.05, 0) is 37.5 Å². The third kappa shape index (κ3) is 3.38. The van der Waals surface area contributed by atoms with Crippen molar-refractivity contribution in [2.45, 2.75) is 31.5 Å². The topological polar surface area (TPSA) is 61.9 Å². The average molecular weight is 359 g/mol. The molecule has 0 saturated carbocycles. The number of carbonyl (C=O) groups is 1. The number of halogens is 4. The number of likely N-dealkylation sites (tertiary alicyclic amines) is 1. The quantitative estimate of drug-likeness (QED) is 0.887. The maximum Gasteiger partial charge on any atom is 0.416 e. The molecule has 0 aliphatic carbocycles. The van der Waals surface area contributed by atoms with Gasteiger partial charge in [-0.25, -0.2) is 4.98 Å². The minimum Gasteiger partial charge on any atom is -0.328 e. The fourth-order valence-electron chi connectivity index (χ4n) is 2.88. The van der Waals surface area contributed by atoms with Crippen LogP contribution >= 0.6 is 11.6 Å². The second kappa shape index (κ2) is 6.43. The molecule has 2 heterocycles. The summed E-state index contributed by atoms with van der Waals surface area (Å²) >= 11 is 5.78. The number of aromatic nitrogens is 3. The second-order valence-electron chi connectivity index (χ2n) is 5.61. The molecule has 1 amide bonds. The normalized spacial score (nSPS) is 18.7. The summed E-state index contributed by atoms with van der Waals surface area (Å²) < 4.78 is 38.8. The minimum absolute atomic E-state index is 0.0822. The van der Waals surface area contributed by atoms with Crippen LogP contribution in [0.2, 0.25) is 5.02 Å². The van der Waals surface area contributed by atoms with E-state index in [0.717, 1.165) is 25.0 Å². The number of carbonyl (C=O) groups excluding carboxylic acids is 1. The van der Waals surface area contributed by atoms with Gasteiger partial charge in [0.1, 0.15) is 12.2 Å².